The zero-order valence-corrected chi connectivity index (χ0v) is 18.0. The number of benzene rings is 3. The van der Waals surface area contributed by atoms with E-state index in [1.807, 2.05) is 6.07 Å². The molecule has 5 rings (SSSR count). The first-order valence-electron chi connectivity index (χ1n) is 10.8. The van der Waals surface area contributed by atoms with Gasteiger partial charge in [-0.1, -0.05) is 48.0 Å². The van der Waals surface area contributed by atoms with Crippen LogP contribution in [0.4, 0.5) is 5.69 Å². The van der Waals surface area contributed by atoms with Crippen LogP contribution in [-0.4, -0.2) is 18.2 Å². The molecule has 2 aliphatic rings. The number of nitrogens with zero attached hydrogens (tertiary/aromatic N) is 1. The van der Waals surface area contributed by atoms with Crippen molar-refractivity contribution < 1.29 is 4.74 Å². The van der Waals surface area contributed by atoms with Crippen LogP contribution in [0.3, 0.4) is 0 Å². The second kappa shape index (κ2) is 7.25. The summed E-state index contributed by atoms with van der Waals surface area (Å²) in [7, 11) is 0. The van der Waals surface area contributed by atoms with E-state index in [0.29, 0.717) is 6.04 Å². The molecule has 0 aromatic heterocycles. The second-order valence-corrected chi connectivity index (χ2v) is 9.03. The van der Waals surface area contributed by atoms with Crippen LogP contribution in [0.5, 0.6) is 5.75 Å². The molecule has 1 unspecified atom stereocenters. The van der Waals surface area contributed by atoms with Crippen LogP contribution in [0.2, 0.25) is 5.02 Å². The largest absolute Gasteiger partial charge is 0.485 e. The Labute approximate surface area is 178 Å². The first kappa shape index (κ1) is 18.8. The summed E-state index contributed by atoms with van der Waals surface area (Å²) in [5, 5.41) is 3.41. The van der Waals surface area contributed by atoms with Crippen molar-refractivity contribution in [2.24, 2.45) is 0 Å². The summed E-state index contributed by atoms with van der Waals surface area (Å²) in [6.45, 7) is 5.35. The van der Waals surface area contributed by atoms with Gasteiger partial charge in [0.1, 0.15) is 11.4 Å². The number of anilines is 1. The molecule has 0 saturated heterocycles. The van der Waals surface area contributed by atoms with Gasteiger partial charge in [-0.25, -0.2) is 0 Å². The van der Waals surface area contributed by atoms with E-state index in [4.69, 9.17) is 16.3 Å². The minimum Gasteiger partial charge on any atom is -0.485 e. The first-order valence-corrected chi connectivity index (χ1v) is 11.2. The van der Waals surface area contributed by atoms with Crippen LogP contribution in [0.15, 0.2) is 54.6 Å². The van der Waals surface area contributed by atoms with Gasteiger partial charge in [0.2, 0.25) is 0 Å². The summed E-state index contributed by atoms with van der Waals surface area (Å²) in [6, 6.07) is 19.8. The van der Waals surface area contributed by atoms with Crippen LogP contribution in [-0.2, 0) is 6.42 Å². The van der Waals surface area contributed by atoms with Gasteiger partial charge < -0.3 is 9.64 Å². The molecule has 2 nitrogen and oxygen atoms in total. The molecule has 1 aliphatic heterocycles. The van der Waals surface area contributed by atoms with E-state index >= 15 is 0 Å². The molecule has 0 amide bonds. The van der Waals surface area contributed by atoms with Gasteiger partial charge in [0, 0.05) is 29.1 Å². The second-order valence-electron chi connectivity index (χ2n) is 8.59. The molecule has 0 N–H and O–H groups in total. The van der Waals surface area contributed by atoms with Crippen LogP contribution in [0, 0.1) is 6.92 Å². The number of rotatable bonds is 3. The van der Waals surface area contributed by atoms with Crippen LogP contribution < -0.4 is 9.64 Å². The molecule has 1 heterocycles. The number of halogens is 1. The van der Waals surface area contributed by atoms with Gasteiger partial charge >= 0.3 is 0 Å². The van der Waals surface area contributed by atoms with E-state index in [-0.39, 0.29) is 5.60 Å². The maximum Gasteiger partial charge on any atom is 0.130 e. The number of fused-ring (bicyclic) bond motifs is 2. The normalized spacial score (nSPS) is 19.9. The molecule has 1 aliphatic carbocycles. The SMILES string of the molecule is CCN(c1cccc2ccccc12)C1Cc2cc(Cl)cc(C)c2OC12CCCC2. The van der Waals surface area contributed by atoms with E-state index in [9.17, 15) is 0 Å². The molecule has 0 bridgehead atoms. The fraction of sp³-hybridized carbons (Fsp3) is 0.385. The number of ether oxygens (including phenoxy) is 1. The first-order chi connectivity index (χ1) is 14.1. The highest BCUT2D eigenvalue weighted by Gasteiger charge is 2.49. The molecule has 150 valence electrons. The Morgan fingerprint density at radius 1 is 1.07 bits per heavy atom. The Kier molecular flexibility index (Phi) is 4.70. The third-order valence-corrected chi connectivity index (χ3v) is 7.10. The summed E-state index contributed by atoms with van der Waals surface area (Å²) in [6.07, 6.45) is 5.71. The smallest absolute Gasteiger partial charge is 0.130 e. The minimum atomic E-state index is -0.113. The third-order valence-electron chi connectivity index (χ3n) is 6.89. The van der Waals surface area contributed by atoms with Gasteiger partial charge in [-0.3, -0.25) is 0 Å². The maximum absolute atomic E-state index is 6.89. The predicted molar refractivity (Wildman–Crippen MR) is 122 cm³/mol. The monoisotopic (exact) mass is 405 g/mol. The van der Waals surface area contributed by atoms with Gasteiger partial charge in [0.25, 0.3) is 0 Å². The lowest BCUT2D eigenvalue weighted by atomic mass is 9.82. The lowest BCUT2D eigenvalue weighted by molar-refractivity contribution is 0.0301. The fourth-order valence-corrected chi connectivity index (χ4v) is 5.88. The van der Waals surface area contributed by atoms with Gasteiger partial charge in [-0.05, 0) is 74.2 Å². The molecular weight excluding hydrogens is 378 g/mol. The molecule has 29 heavy (non-hydrogen) atoms. The average molecular weight is 406 g/mol. The van der Waals surface area contributed by atoms with Crippen molar-refractivity contribution in [3.05, 3.63) is 70.7 Å². The van der Waals surface area contributed by atoms with Crippen LogP contribution >= 0.6 is 11.6 Å². The average Bonchev–Trinajstić information content (AvgIpc) is 3.19. The highest BCUT2D eigenvalue weighted by atomic mass is 35.5. The van der Waals surface area contributed by atoms with Crippen molar-refractivity contribution >= 4 is 28.1 Å². The van der Waals surface area contributed by atoms with E-state index in [1.165, 1.54) is 34.9 Å². The Hall–Kier alpha value is -2.19. The Balaban J connectivity index is 1.65. The topological polar surface area (TPSA) is 12.5 Å². The highest BCUT2D eigenvalue weighted by Crippen LogP contribution is 2.48. The fourth-order valence-electron chi connectivity index (χ4n) is 5.58. The summed E-state index contributed by atoms with van der Waals surface area (Å²) >= 11 is 6.42. The number of hydrogen-bond donors (Lipinski definition) is 0. The van der Waals surface area contributed by atoms with E-state index in [0.717, 1.165) is 42.1 Å². The van der Waals surface area contributed by atoms with Crippen LogP contribution in [0.1, 0.15) is 43.7 Å². The molecule has 3 aromatic rings. The summed E-state index contributed by atoms with van der Waals surface area (Å²) in [5.41, 5.74) is 3.60. The summed E-state index contributed by atoms with van der Waals surface area (Å²) in [5.74, 6) is 1.07. The van der Waals surface area contributed by atoms with E-state index < -0.39 is 0 Å². The van der Waals surface area contributed by atoms with Crippen molar-refractivity contribution in [2.75, 3.05) is 11.4 Å². The van der Waals surface area contributed by atoms with Gasteiger partial charge in [-0.2, -0.15) is 0 Å². The molecule has 1 fully saturated rings. The Morgan fingerprint density at radius 3 is 2.62 bits per heavy atom. The molecule has 1 spiro atoms. The summed E-state index contributed by atoms with van der Waals surface area (Å²) in [4.78, 5) is 2.59. The van der Waals surface area contributed by atoms with Crippen molar-refractivity contribution in [1.82, 2.24) is 0 Å². The molecule has 3 aromatic carbocycles. The van der Waals surface area contributed by atoms with Crippen molar-refractivity contribution in [2.45, 2.75) is 57.6 Å². The van der Waals surface area contributed by atoms with Gasteiger partial charge in [-0.15, -0.1) is 0 Å². The predicted octanol–water partition coefficient (Wildman–Crippen LogP) is 6.94. The zero-order valence-electron chi connectivity index (χ0n) is 17.2. The molecule has 0 radical (unpaired) electrons. The number of hydrogen-bond acceptors (Lipinski definition) is 2. The minimum absolute atomic E-state index is 0.113. The number of aryl methyl sites for hydroxylation is 1. The lowest BCUT2D eigenvalue weighted by Gasteiger charge is -2.49. The quantitative estimate of drug-likeness (QED) is 0.467. The number of likely N-dealkylation sites (N-methyl/N-ethyl adjacent to an activating group) is 1. The molecule has 3 heteroatoms. The zero-order chi connectivity index (χ0) is 20.0. The highest BCUT2D eigenvalue weighted by molar-refractivity contribution is 6.30. The van der Waals surface area contributed by atoms with E-state index in [1.54, 1.807) is 0 Å². The van der Waals surface area contributed by atoms with Crippen molar-refractivity contribution in [3.8, 4) is 5.75 Å². The third kappa shape index (κ3) is 3.09. The molecule has 1 atom stereocenters. The molecule has 1 saturated carbocycles. The standard InChI is InChI=1S/C26H28ClNO/c1-3-28(23-12-8-10-19-9-4-5-11-22(19)23)24-17-20-16-21(27)15-18(2)25(20)29-26(24)13-6-7-14-26/h4-5,8-12,15-16,24H,3,6-7,13-14,17H2,1-2H3. The van der Waals surface area contributed by atoms with Crippen LogP contribution in [0.25, 0.3) is 10.8 Å². The molecular formula is C26H28ClNO. The summed E-state index contributed by atoms with van der Waals surface area (Å²) < 4.78 is 6.89. The Morgan fingerprint density at radius 2 is 1.83 bits per heavy atom. The van der Waals surface area contributed by atoms with Crippen molar-refractivity contribution in [3.63, 3.8) is 0 Å². The maximum atomic E-state index is 6.89. The van der Waals surface area contributed by atoms with E-state index in [2.05, 4.69) is 67.3 Å². The van der Waals surface area contributed by atoms with Crippen molar-refractivity contribution in [1.29, 1.82) is 0 Å². The lowest BCUT2D eigenvalue weighted by Crippen LogP contribution is -2.58. The van der Waals surface area contributed by atoms with Gasteiger partial charge in [0.05, 0.1) is 6.04 Å². The van der Waals surface area contributed by atoms with Gasteiger partial charge in [0.15, 0.2) is 0 Å². The Bertz CT molecular complexity index is 1050.